The Hall–Kier alpha value is -4.10. The van der Waals surface area contributed by atoms with Crippen LogP contribution in [0.1, 0.15) is 79.0 Å². The highest BCUT2D eigenvalue weighted by molar-refractivity contribution is 6.33. The van der Waals surface area contributed by atoms with E-state index in [1.165, 1.54) is 87.1 Å². The SMILES string of the molecule is CC(C)(C)c1cc2c3ccccc3c3ccccc3c3cc(C(C)(C)C)cc4c5cc(C(C)(C)C)cc6c(c1)c2n(c34)c65. The second-order valence-electron chi connectivity index (χ2n) is 15.9. The van der Waals surface area contributed by atoms with Crippen molar-refractivity contribution in [2.24, 2.45) is 0 Å². The number of aromatic nitrogens is 1. The lowest BCUT2D eigenvalue weighted by Gasteiger charge is -2.21. The van der Waals surface area contributed by atoms with Crippen molar-refractivity contribution in [2.45, 2.75) is 78.6 Å². The van der Waals surface area contributed by atoms with Gasteiger partial charge in [-0.1, -0.05) is 111 Å². The molecule has 0 aliphatic rings. The minimum absolute atomic E-state index is 0.0175. The molecule has 3 aromatic heterocycles. The third kappa shape index (κ3) is 3.64. The van der Waals surface area contributed by atoms with Crippen LogP contribution in [0.3, 0.4) is 0 Å². The monoisotopic (exact) mass is 559 g/mol. The largest absolute Gasteiger partial charge is 0.307 e. The molecule has 0 N–H and O–H groups in total. The second kappa shape index (κ2) is 8.29. The van der Waals surface area contributed by atoms with Gasteiger partial charge in [-0.15, -0.1) is 0 Å². The van der Waals surface area contributed by atoms with Crippen LogP contribution in [-0.4, -0.2) is 4.40 Å². The van der Waals surface area contributed by atoms with Gasteiger partial charge in [0.15, 0.2) is 0 Å². The van der Waals surface area contributed by atoms with Crippen molar-refractivity contribution < 1.29 is 0 Å². The molecule has 5 aromatic carbocycles. The molecule has 0 saturated carbocycles. The van der Waals surface area contributed by atoms with Crippen LogP contribution in [0.25, 0.3) is 70.4 Å². The molecule has 0 aliphatic heterocycles. The Morgan fingerprint density at radius 1 is 0.326 bits per heavy atom. The van der Waals surface area contributed by atoms with E-state index in [4.69, 9.17) is 0 Å². The van der Waals surface area contributed by atoms with Crippen molar-refractivity contribution in [3.05, 3.63) is 102 Å². The van der Waals surface area contributed by atoms with Crippen LogP contribution in [0, 0.1) is 0 Å². The third-order valence-electron chi connectivity index (χ3n) is 9.90. The lowest BCUT2D eigenvalue weighted by Crippen LogP contribution is -2.11. The van der Waals surface area contributed by atoms with Crippen molar-refractivity contribution >= 4 is 70.4 Å². The fraction of sp³-hybridized carbons (Fsp3) is 0.286. The van der Waals surface area contributed by atoms with E-state index in [2.05, 4.69) is 152 Å². The Kier molecular flexibility index (Phi) is 5.11. The first-order valence-corrected chi connectivity index (χ1v) is 15.8. The highest BCUT2D eigenvalue weighted by Crippen LogP contribution is 2.48. The standard InChI is InChI=1S/C42H41N/c1-40(2,3)24-18-31-29-16-12-10-14-27(29)28-15-11-13-17-30(28)32-19-25(41(4,5)6)21-34-36-23-26(42(7,8)9)22-35-33(20-24)37(31)43(38(32)34)39(35)36/h10-23H,1-9H3. The van der Waals surface area contributed by atoms with E-state index in [0.29, 0.717) is 0 Å². The molecular formula is C42H41N. The van der Waals surface area contributed by atoms with Crippen molar-refractivity contribution in [1.82, 2.24) is 4.40 Å². The zero-order valence-electron chi connectivity index (χ0n) is 27.0. The number of fused-ring (bicyclic) bond motifs is 7. The number of benzene rings is 5. The maximum Gasteiger partial charge on any atom is 0.0621 e. The molecule has 0 bridgehead atoms. The average Bonchev–Trinajstić information content (AvgIpc) is 3.47. The quantitative estimate of drug-likeness (QED) is 0.174. The normalized spacial score (nSPS) is 13.7. The minimum atomic E-state index is 0.0175. The van der Waals surface area contributed by atoms with Gasteiger partial charge in [0.25, 0.3) is 0 Å². The van der Waals surface area contributed by atoms with Gasteiger partial charge in [0, 0.05) is 32.3 Å². The summed E-state index contributed by atoms with van der Waals surface area (Å²) in [5.41, 5.74) is 8.24. The first kappa shape index (κ1) is 26.5. The van der Waals surface area contributed by atoms with Crippen molar-refractivity contribution in [3.63, 3.8) is 0 Å². The summed E-state index contributed by atoms with van der Waals surface area (Å²) in [4.78, 5) is 0. The summed E-state index contributed by atoms with van der Waals surface area (Å²) >= 11 is 0. The fourth-order valence-electron chi connectivity index (χ4n) is 7.40. The van der Waals surface area contributed by atoms with E-state index in [1.807, 2.05) is 0 Å². The molecule has 1 nitrogen and oxygen atoms in total. The second-order valence-corrected chi connectivity index (χ2v) is 15.9. The van der Waals surface area contributed by atoms with E-state index in [9.17, 15) is 0 Å². The molecule has 0 saturated heterocycles. The van der Waals surface area contributed by atoms with Gasteiger partial charge in [-0.25, -0.2) is 0 Å². The van der Waals surface area contributed by atoms with Crippen molar-refractivity contribution in [1.29, 1.82) is 0 Å². The van der Waals surface area contributed by atoms with Crippen molar-refractivity contribution in [2.75, 3.05) is 0 Å². The van der Waals surface area contributed by atoms with Gasteiger partial charge in [0.1, 0.15) is 0 Å². The highest BCUT2D eigenvalue weighted by Gasteiger charge is 2.28. The first-order valence-electron chi connectivity index (χ1n) is 15.8. The summed E-state index contributed by atoms with van der Waals surface area (Å²) in [6.45, 7) is 21.1. The molecule has 8 rings (SSSR count). The van der Waals surface area contributed by atoms with E-state index >= 15 is 0 Å². The third-order valence-corrected chi connectivity index (χ3v) is 9.90. The molecule has 1 heteroatoms. The summed E-state index contributed by atoms with van der Waals surface area (Å²) in [6, 6.07) is 33.1. The van der Waals surface area contributed by atoms with E-state index in [1.54, 1.807) is 0 Å². The number of hydrogen-bond donors (Lipinski definition) is 0. The van der Waals surface area contributed by atoms with Gasteiger partial charge < -0.3 is 4.40 Å². The van der Waals surface area contributed by atoms with Crippen LogP contribution < -0.4 is 0 Å². The molecule has 0 unspecified atom stereocenters. The lowest BCUT2D eigenvalue weighted by atomic mass is 9.83. The molecule has 214 valence electrons. The van der Waals surface area contributed by atoms with Gasteiger partial charge in [-0.2, -0.15) is 0 Å². The Bertz CT molecular complexity index is 2270. The molecule has 0 fully saturated rings. The zero-order valence-corrected chi connectivity index (χ0v) is 27.0. The highest BCUT2D eigenvalue weighted by atomic mass is 14.9. The minimum Gasteiger partial charge on any atom is -0.307 e. The topological polar surface area (TPSA) is 4.41 Å². The van der Waals surface area contributed by atoms with Gasteiger partial charge in [0.2, 0.25) is 0 Å². The van der Waals surface area contributed by atoms with Crippen molar-refractivity contribution in [3.8, 4) is 0 Å². The van der Waals surface area contributed by atoms with Crippen LogP contribution in [0.4, 0.5) is 0 Å². The molecule has 0 amide bonds. The predicted molar refractivity (Wildman–Crippen MR) is 190 cm³/mol. The van der Waals surface area contributed by atoms with Crippen LogP contribution in [0.2, 0.25) is 0 Å². The summed E-state index contributed by atoms with van der Waals surface area (Å²) in [5, 5.41) is 13.3. The van der Waals surface area contributed by atoms with Crippen LogP contribution in [0.5, 0.6) is 0 Å². The summed E-state index contributed by atoms with van der Waals surface area (Å²) in [7, 11) is 0. The smallest absolute Gasteiger partial charge is 0.0621 e. The van der Waals surface area contributed by atoms with E-state index in [0.717, 1.165) is 0 Å². The Labute approximate surface area is 254 Å². The summed E-state index contributed by atoms with van der Waals surface area (Å²) < 4.78 is 2.64. The molecule has 0 aliphatic carbocycles. The average molecular weight is 560 g/mol. The van der Waals surface area contributed by atoms with E-state index in [-0.39, 0.29) is 16.2 Å². The van der Waals surface area contributed by atoms with Gasteiger partial charge in [-0.05, 0) is 90.9 Å². The summed E-state index contributed by atoms with van der Waals surface area (Å²) in [5.74, 6) is 0. The number of hydrogen-bond acceptors (Lipinski definition) is 0. The maximum atomic E-state index is 2.64. The Balaban J connectivity index is 1.85. The molecule has 0 radical (unpaired) electrons. The van der Waals surface area contributed by atoms with E-state index < -0.39 is 0 Å². The Morgan fingerprint density at radius 3 is 0.767 bits per heavy atom. The molecule has 0 atom stereocenters. The number of nitrogens with zero attached hydrogens (tertiary/aromatic N) is 1. The molecular weight excluding hydrogens is 518 g/mol. The van der Waals surface area contributed by atoms with Gasteiger partial charge >= 0.3 is 0 Å². The predicted octanol–water partition coefficient (Wildman–Crippen LogP) is 12.2. The van der Waals surface area contributed by atoms with Gasteiger partial charge in [0.05, 0.1) is 16.6 Å². The van der Waals surface area contributed by atoms with Crippen LogP contribution >= 0.6 is 0 Å². The van der Waals surface area contributed by atoms with Crippen LogP contribution in [-0.2, 0) is 16.2 Å². The molecule has 8 aromatic rings. The van der Waals surface area contributed by atoms with Gasteiger partial charge in [-0.3, -0.25) is 0 Å². The Morgan fingerprint density at radius 2 is 0.535 bits per heavy atom. The maximum absolute atomic E-state index is 2.64. The number of rotatable bonds is 0. The van der Waals surface area contributed by atoms with Crippen LogP contribution in [0.15, 0.2) is 84.9 Å². The summed E-state index contributed by atoms with van der Waals surface area (Å²) in [6.07, 6.45) is 0. The lowest BCUT2D eigenvalue weighted by molar-refractivity contribution is 0.591. The molecule has 3 heterocycles. The zero-order chi connectivity index (χ0) is 30.2. The fourth-order valence-corrected chi connectivity index (χ4v) is 7.40. The molecule has 43 heavy (non-hydrogen) atoms. The first-order chi connectivity index (χ1) is 20.2. The molecule has 0 spiro atoms.